The maximum absolute atomic E-state index is 11.4. The number of nitrogens with one attached hydrogen (secondary N) is 2. The predicted molar refractivity (Wildman–Crippen MR) is 49.4 cm³/mol. The lowest BCUT2D eigenvalue weighted by atomic mass is 10.1. The standard InChI is InChI=1S/C9H12N2O2/c1-6-3-7(2)11-9(13)8(6)4-10-5-12/h3,5H,4H2,1-2H3,(H,10,12)(H,11,13). The van der Waals surface area contributed by atoms with Crippen LogP contribution in [0.1, 0.15) is 16.8 Å². The van der Waals surface area contributed by atoms with Crippen LogP contribution in [-0.2, 0) is 11.3 Å². The van der Waals surface area contributed by atoms with Gasteiger partial charge in [0.25, 0.3) is 5.56 Å². The van der Waals surface area contributed by atoms with E-state index < -0.39 is 0 Å². The number of rotatable bonds is 3. The molecule has 0 radical (unpaired) electrons. The Labute approximate surface area is 76.0 Å². The highest BCUT2D eigenvalue weighted by Crippen LogP contribution is 2.02. The van der Waals surface area contributed by atoms with Gasteiger partial charge in [0.1, 0.15) is 0 Å². The van der Waals surface area contributed by atoms with Gasteiger partial charge in [0.2, 0.25) is 6.41 Å². The molecular weight excluding hydrogens is 168 g/mol. The van der Waals surface area contributed by atoms with Crippen molar-refractivity contribution in [2.75, 3.05) is 0 Å². The summed E-state index contributed by atoms with van der Waals surface area (Å²) in [5.41, 5.74) is 2.21. The molecule has 1 heterocycles. The van der Waals surface area contributed by atoms with Gasteiger partial charge in [0, 0.05) is 17.8 Å². The van der Waals surface area contributed by atoms with E-state index >= 15 is 0 Å². The van der Waals surface area contributed by atoms with Crippen molar-refractivity contribution in [1.29, 1.82) is 0 Å². The Bertz CT molecular complexity index is 368. The molecule has 0 spiro atoms. The highest BCUT2D eigenvalue weighted by molar-refractivity contribution is 5.46. The van der Waals surface area contributed by atoms with Crippen LogP contribution in [0, 0.1) is 13.8 Å². The molecular formula is C9H12N2O2. The van der Waals surface area contributed by atoms with Gasteiger partial charge < -0.3 is 10.3 Å². The SMILES string of the molecule is Cc1cc(C)c(CNC=O)c(=O)[nH]1. The van der Waals surface area contributed by atoms with Crippen molar-refractivity contribution in [2.24, 2.45) is 0 Å². The third-order valence-corrected chi connectivity index (χ3v) is 1.86. The Morgan fingerprint density at radius 1 is 1.54 bits per heavy atom. The van der Waals surface area contributed by atoms with Gasteiger partial charge in [-0.1, -0.05) is 0 Å². The third kappa shape index (κ3) is 2.18. The molecule has 1 amide bonds. The number of aromatic nitrogens is 1. The lowest BCUT2D eigenvalue weighted by Gasteiger charge is -2.04. The summed E-state index contributed by atoms with van der Waals surface area (Å²) in [5, 5.41) is 2.47. The molecule has 4 nitrogen and oxygen atoms in total. The molecule has 0 aromatic carbocycles. The van der Waals surface area contributed by atoms with Crippen LogP contribution in [0.2, 0.25) is 0 Å². The van der Waals surface area contributed by atoms with Crippen molar-refractivity contribution in [2.45, 2.75) is 20.4 Å². The summed E-state index contributed by atoms with van der Waals surface area (Å²) in [6.45, 7) is 3.96. The van der Waals surface area contributed by atoms with Crippen LogP contribution in [0.4, 0.5) is 0 Å². The first kappa shape index (κ1) is 9.51. The normalized spacial score (nSPS) is 9.69. The smallest absolute Gasteiger partial charge is 0.253 e. The molecule has 0 bridgehead atoms. The first-order chi connectivity index (χ1) is 6.15. The molecule has 1 aromatic heterocycles. The van der Waals surface area contributed by atoms with Crippen LogP contribution >= 0.6 is 0 Å². The van der Waals surface area contributed by atoms with Crippen LogP contribution in [0.25, 0.3) is 0 Å². The van der Waals surface area contributed by atoms with Crippen LogP contribution in [0.5, 0.6) is 0 Å². The molecule has 2 N–H and O–H groups in total. The van der Waals surface area contributed by atoms with Crippen molar-refractivity contribution in [3.05, 3.63) is 33.2 Å². The van der Waals surface area contributed by atoms with Crippen LogP contribution in [0.15, 0.2) is 10.9 Å². The second-order valence-corrected chi connectivity index (χ2v) is 2.94. The predicted octanol–water partition coefficient (Wildman–Crippen LogP) is 0.238. The number of hydrogen-bond donors (Lipinski definition) is 2. The molecule has 0 saturated heterocycles. The number of H-pyrrole nitrogens is 1. The van der Waals surface area contributed by atoms with Gasteiger partial charge in [0.05, 0.1) is 0 Å². The summed E-state index contributed by atoms with van der Waals surface area (Å²) < 4.78 is 0. The lowest BCUT2D eigenvalue weighted by Crippen LogP contribution is -2.21. The van der Waals surface area contributed by atoms with Gasteiger partial charge >= 0.3 is 0 Å². The van der Waals surface area contributed by atoms with Gasteiger partial charge in [-0.2, -0.15) is 0 Å². The molecule has 0 aliphatic heterocycles. The van der Waals surface area contributed by atoms with Gasteiger partial charge in [0.15, 0.2) is 0 Å². The van der Waals surface area contributed by atoms with Crippen molar-refractivity contribution in [3.63, 3.8) is 0 Å². The van der Waals surface area contributed by atoms with E-state index in [1.54, 1.807) is 0 Å². The summed E-state index contributed by atoms with van der Waals surface area (Å²) in [4.78, 5) is 24.1. The highest BCUT2D eigenvalue weighted by atomic mass is 16.1. The summed E-state index contributed by atoms with van der Waals surface area (Å²) in [6, 6.07) is 1.88. The van der Waals surface area contributed by atoms with Crippen LogP contribution in [-0.4, -0.2) is 11.4 Å². The van der Waals surface area contributed by atoms with E-state index in [9.17, 15) is 9.59 Å². The molecule has 13 heavy (non-hydrogen) atoms. The summed E-state index contributed by atoms with van der Waals surface area (Å²) in [7, 11) is 0. The molecule has 0 unspecified atom stereocenters. The fourth-order valence-corrected chi connectivity index (χ4v) is 1.24. The zero-order valence-electron chi connectivity index (χ0n) is 7.68. The molecule has 1 rings (SSSR count). The van der Waals surface area contributed by atoms with Crippen LogP contribution < -0.4 is 10.9 Å². The topological polar surface area (TPSA) is 62.0 Å². The zero-order valence-corrected chi connectivity index (χ0v) is 7.68. The Morgan fingerprint density at radius 2 is 2.23 bits per heavy atom. The fourth-order valence-electron chi connectivity index (χ4n) is 1.24. The van der Waals surface area contributed by atoms with E-state index in [0.717, 1.165) is 11.3 Å². The van der Waals surface area contributed by atoms with Gasteiger partial charge in [-0.05, 0) is 25.5 Å². The van der Waals surface area contributed by atoms with Crippen molar-refractivity contribution < 1.29 is 4.79 Å². The molecule has 0 aliphatic carbocycles. The van der Waals surface area contributed by atoms with Crippen LogP contribution in [0.3, 0.4) is 0 Å². The Morgan fingerprint density at radius 3 is 2.77 bits per heavy atom. The average Bonchev–Trinajstić information content (AvgIpc) is 2.02. The summed E-state index contributed by atoms with van der Waals surface area (Å²) >= 11 is 0. The van der Waals surface area contributed by atoms with Gasteiger partial charge in [-0.25, -0.2) is 0 Å². The third-order valence-electron chi connectivity index (χ3n) is 1.86. The van der Waals surface area contributed by atoms with Gasteiger partial charge in [-0.3, -0.25) is 9.59 Å². The minimum atomic E-state index is -0.133. The minimum Gasteiger partial charge on any atom is -0.354 e. The molecule has 0 fully saturated rings. The van der Waals surface area contributed by atoms with E-state index in [1.807, 2.05) is 19.9 Å². The fraction of sp³-hybridized carbons (Fsp3) is 0.333. The average molecular weight is 180 g/mol. The number of aryl methyl sites for hydroxylation is 2. The number of pyridine rings is 1. The van der Waals surface area contributed by atoms with Gasteiger partial charge in [-0.15, -0.1) is 0 Å². The molecule has 0 saturated carbocycles. The maximum atomic E-state index is 11.4. The van der Waals surface area contributed by atoms with E-state index in [1.165, 1.54) is 0 Å². The number of aromatic amines is 1. The van der Waals surface area contributed by atoms with E-state index in [0.29, 0.717) is 12.0 Å². The highest BCUT2D eigenvalue weighted by Gasteiger charge is 2.03. The summed E-state index contributed by atoms with van der Waals surface area (Å²) in [6.07, 6.45) is 0.582. The summed E-state index contributed by atoms with van der Waals surface area (Å²) in [5.74, 6) is 0. The van der Waals surface area contributed by atoms with Crippen molar-refractivity contribution in [1.82, 2.24) is 10.3 Å². The molecule has 0 atom stereocenters. The van der Waals surface area contributed by atoms with E-state index in [4.69, 9.17) is 0 Å². The van der Waals surface area contributed by atoms with E-state index in [2.05, 4.69) is 10.3 Å². The Balaban J connectivity index is 3.06. The van der Waals surface area contributed by atoms with Crippen molar-refractivity contribution >= 4 is 6.41 Å². The largest absolute Gasteiger partial charge is 0.354 e. The maximum Gasteiger partial charge on any atom is 0.253 e. The second kappa shape index (κ2) is 3.89. The Hall–Kier alpha value is -1.58. The monoisotopic (exact) mass is 180 g/mol. The first-order valence-electron chi connectivity index (χ1n) is 4.01. The zero-order chi connectivity index (χ0) is 9.84. The minimum absolute atomic E-state index is 0.133. The molecule has 1 aromatic rings. The van der Waals surface area contributed by atoms with E-state index in [-0.39, 0.29) is 12.1 Å². The Kier molecular flexibility index (Phi) is 2.84. The number of carbonyl (C=O) groups is 1. The number of amides is 1. The molecule has 0 aliphatic rings. The number of hydrogen-bond acceptors (Lipinski definition) is 2. The molecule has 4 heteroatoms. The quantitative estimate of drug-likeness (QED) is 0.654. The first-order valence-corrected chi connectivity index (χ1v) is 4.01. The van der Waals surface area contributed by atoms with Crippen molar-refractivity contribution in [3.8, 4) is 0 Å². The lowest BCUT2D eigenvalue weighted by molar-refractivity contribution is -0.109. The second-order valence-electron chi connectivity index (χ2n) is 2.94. The number of carbonyl (C=O) groups excluding carboxylic acids is 1. The molecule has 70 valence electrons.